The minimum absolute atomic E-state index is 0.0733. The van der Waals surface area contributed by atoms with Crippen LogP contribution >= 0.6 is 0 Å². The maximum absolute atomic E-state index is 14.1. The molecule has 3 rings (SSSR count). The first-order chi connectivity index (χ1) is 8.65. The summed E-state index contributed by atoms with van der Waals surface area (Å²) in [5.74, 6) is 0.460. The monoisotopic (exact) mass is 245 g/mol. The van der Waals surface area contributed by atoms with E-state index in [1.54, 1.807) is 6.07 Å². The number of benzene rings is 1. The van der Waals surface area contributed by atoms with Gasteiger partial charge in [-0.05, 0) is 37.0 Å². The van der Waals surface area contributed by atoms with Crippen LogP contribution in [0.15, 0.2) is 24.3 Å². The van der Waals surface area contributed by atoms with Crippen molar-refractivity contribution in [2.24, 2.45) is 0 Å². The number of hydrogen-bond acceptors (Lipinski definition) is 2. The van der Waals surface area contributed by atoms with E-state index in [1.165, 1.54) is 0 Å². The van der Waals surface area contributed by atoms with Crippen molar-refractivity contribution in [3.63, 3.8) is 0 Å². The molecule has 0 amide bonds. The normalized spacial score (nSPS) is 18.7. The van der Waals surface area contributed by atoms with Gasteiger partial charge in [0.05, 0.1) is 0 Å². The average Bonchev–Trinajstić information content (AvgIpc) is 2.69. The van der Waals surface area contributed by atoms with Crippen molar-refractivity contribution in [2.75, 3.05) is 5.73 Å². The van der Waals surface area contributed by atoms with Gasteiger partial charge in [0.2, 0.25) is 0 Å². The molecule has 94 valence electrons. The number of rotatable bonds is 1. The summed E-state index contributed by atoms with van der Waals surface area (Å²) in [6.07, 6.45) is 1.96. The highest BCUT2D eigenvalue weighted by Crippen LogP contribution is 2.35. The molecule has 0 radical (unpaired) electrons. The van der Waals surface area contributed by atoms with Crippen molar-refractivity contribution in [2.45, 2.75) is 32.2 Å². The molecule has 4 heteroatoms. The van der Waals surface area contributed by atoms with Crippen LogP contribution in [0.2, 0.25) is 0 Å². The summed E-state index contributed by atoms with van der Waals surface area (Å²) in [5.41, 5.74) is 8.46. The summed E-state index contributed by atoms with van der Waals surface area (Å²) in [4.78, 5) is 0. The number of fused-ring (bicyclic) bond motifs is 1. The Labute approximate surface area is 105 Å². The number of halogens is 1. The second-order valence-electron chi connectivity index (χ2n) is 4.94. The van der Waals surface area contributed by atoms with Gasteiger partial charge < -0.3 is 5.73 Å². The molecule has 1 aromatic carbocycles. The maximum atomic E-state index is 14.1. The molecule has 0 bridgehead atoms. The predicted molar refractivity (Wildman–Crippen MR) is 68.9 cm³/mol. The molecule has 2 aromatic rings. The molecule has 0 saturated carbocycles. The lowest BCUT2D eigenvalue weighted by Crippen LogP contribution is -2.18. The molecule has 18 heavy (non-hydrogen) atoms. The lowest BCUT2D eigenvalue weighted by atomic mass is 9.88. The van der Waals surface area contributed by atoms with E-state index in [-0.39, 0.29) is 11.7 Å². The number of nitrogens with zero attached hydrogens (tertiary/aromatic N) is 2. The molecular formula is C14H16FN3. The van der Waals surface area contributed by atoms with E-state index in [2.05, 4.69) is 5.10 Å². The zero-order valence-corrected chi connectivity index (χ0v) is 10.4. The van der Waals surface area contributed by atoms with Crippen molar-refractivity contribution < 1.29 is 4.39 Å². The Hall–Kier alpha value is -1.84. The van der Waals surface area contributed by atoms with Crippen LogP contribution in [0.25, 0.3) is 0 Å². The third-order valence-electron chi connectivity index (χ3n) is 3.58. The largest absolute Gasteiger partial charge is 0.382 e. The highest BCUT2D eigenvalue weighted by atomic mass is 19.1. The van der Waals surface area contributed by atoms with Crippen molar-refractivity contribution in [3.8, 4) is 0 Å². The molecule has 2 heterocycles. The molecule has 0 fully saturated rings. The second kappa shape index (κ2) is 4.12. The highest BCUT2D eigenvalue weighted by Gasteiger charge is 2.25. The Morgan fingerprint density at radius 2 is 2.22 bits per heavy atom. The summed E-state index contributed by atoms with van der Waals surface area (Å²) < 4.78 is 16.0. The van der Waals surface area contributed by atoms with Crippen LogP contribution < -0.4 is 5.73 Å². The lowest BCUT2D eigenvalue weighted by molar-refractivity contribution is 0.444. The third-order valence-corrected chi connectivity index (χ3v) is 3.58. The van der Waals surface area contributed by atoms with E-state index in [0.717, 1.165) is 36.2 Å². The van der Waals surface area contributed by atoms with E-state index in [4.69, 9.17) is 5.73 Å². The Kier molecular flexibility index (Phi) is 2.58. The van der Waals surface area contributed by atoms with Crippen molar-refractivity contribution in [1.29, 1.82) is 0 Å². The molecule has 1 atom stereocenters. The standard InChI is InChI=1S/C14H16FN3/c1-9-4-5-10(12(15)7-9)11-3-2-6-18-13(11)8-14(16)17-18/h4-5,7-8,11H,2-3,6H2,1H3,(H2,16,17). The number of nitrogens with two attached hydrogens (primary N) is 1. The molecule has 1 aliphatic heterocycles. The maximum Gasteiger partial charge on any atom is 0.145 e. The lowest BCUT2D eigenvalue weighted by Gasteiger charge is -2.24. The topological polar surface area (TPSA) is 43.8 Å². The van der Waals surface area contributed by atoms with Crippen LogP contribution in [0.1, 0.15) is 35.6 Å². The summed E-state index contributed by atoms with van der Waals surface area (Å²) in [7, 11) is 0. The van der Waals surface area contributed by atoms with E-state index in [1.807, 2.05) is 29.8 Å². The SMILES string of the molecule is Cc1ccc(C2CCCn3nc(N)cc32)c(F)c1. The molecular weight excluding hydrogens is 229 g/mol. The predicted octanol–water partition coefficient (Wildman–Crippen LogP) is 2.84. The fourth-order valence-corrected chi connectivity index (χ4v) is 2.73. The molecule has 0 spiro atoms. The van der Waals surface area contributed by atoms with Gasteiger partial charge in [-0.15, -0.1) is 0 Å². The van der Waals surface area contributed by atoms with Crippen LogP contribution in [0.5, 0.6) is 0 Å². The number of anilines is 1. The summed E-state index contributed by atoms with van der Waals surface area (Å²) >= 11 is 0. The van der Waals surface area contributed by atoms with E-state index in [0.29, 0.717) is 5.82 Å². The summed E-state index contributed by atoms with van der Waals surface area (Å²) in [5, 5.41) is 4.25. The van der Waals surface area contributed by atoms with Gasteiger partial charge in [-0.2, -0.15) is 5.10 Å². The first kappa shape index (κ1) is 11.3. The second-order valence-corrected chi connectivity index (χ2v) is 4.94. The molecule has 1 aromatic heterocycles. The summed E-state index contributed by atoms with van der Waals surface area (Å²) in [6.45, 7) is 2.77. The Bertz CT molecular complexity index is 589. The Balaban J connectivity index is 2.07. The fraction of sp³-hybridized carbons (Fsp3) is 0.357. The van der Waals surface area contributed by atoms with Gasteiger partial charge in [0.15, 0.2) is 0 Å². The smallest absolute Gasteiger partial charge is 0.145 e. The van der Waals surface area contributed by atoms with Crippen LogP contribution in [-0.4, -0.2) is 9.78 Å². The van der Waals surface area contributed by atoms with Crippen LogP contribution in [0.4, 0.5) is 10.2 Å². The average molecular weight is 245 g/mol. The van der Waals surface area contributed by atoms with E-state index >= 15 is 0 Å². The third kappa shape index (κ3) is 1.78. The van der Waals surface area contributed by atoms with Crippen molar-refractivity contribution in [3.05, 3.63) is 46.9 Å². The van der Waals surface area contributed by atoms with Gasteiger partial charge in [0, 0.05) is 24.2 Å². The van der Waals surface area contributed by atoms with Gasteiger partial charge in [0.25, 0.3) is 0 Å². The molecule has 3 nitrogen and oxygen atoms in total. The molecule has 1 unspecified atom stereocenters. The first-order valence-corrected chi connectivity index (χ1v) is 6.24. The minimum Gasteiger partial charge on any atom is -0.382 e. The van der Waals surface area contributed by atoms with Gasteiger partial charge in [-0.1, -0.05) is 12.1 Å². The molecule has 2 N–H and O–H groups in total. The molecule has 0 aliphatic carbocycles. The van der Waals surface area contributed by atoms with E-state index in [9.17, 15) is 4.39 Å². The number of nitrogen functional groups attached to an aromatic ring is 1. The summed E-state index contributed by atoms with van der Waals surface area (Å²) in [6, 6.07) is 7.29. The molecule has 1 aliphatic rings. The van der Waals surface area contributed by atoms with E-state index < -0.39 is 0 Å². The number of aromatic nitrogens is 2. The molecule has 0 saturated heterocycles. The van der Waals surface area contributed by atoms with Crippen LogP contribution in [0, 0.1) is 12.7 Å². The van der Waals surface area contributed by atoms with Crippen LogP contribution in [-0.2, 0) is 6.54 Å². The Morgan fingerprint density at radius 3 is 3.00 bits per heavy atom. The highest BCUT2D eigenvalue weighted by molar-refractivity contribution is 5.38. The number of aryl methyl sites for hydroxylation is 2. The zero-order valence-electron chi connectivity index (χ0n) is 10.4. The number of hydrogen-bond donors (Lipinski definition) is 1. The van der Waals surface area contributed by atoms with Crippen molar-refractivity contribution >= 4 is 5.82 Å². The zero-order chi connectivity index (χ0) is 12.7. The van der Waals surface area contributed by atoms with Gasteiger partial charge in [-0.3, -0.25) is 4.68 Å². The minimum atomic E-state index is -0.131. The fourth-order valence-electron chi connectivity index (χ4n) is 2.73. The first-order valence-electron chi connectivity index (χ1n) is 6.24. The quantitative estimate of drug-likeness (QED) is 0.839. The van der Waals surface area contributed by atoms with Gasteiger partial charge in [-0.25, -0.2) is 4.39 Å². The van der Waals surface area contributed by atoms with Gasteiger partial charge in [0.1, 0.15) is 11.6 Å². The van der Waals surface area contributed by atoms with Crippen LogP contribution in [0.3, 0.4) is 0 Å². The van der Waals surface area contributed by atoms with Crippen molar-refractivity contribution in [1.82, 2.24) is 9.78 Å². The van der Waals surface area contributed by atoms with Gasteiger partial charge >= 0.3 is 0 Å². The Morgan fingerprint density at radius 1 is 1.39 bits per heavy atom.